The van der Waals surface area contributed by atoms with E-state index >= 15 is 0 Å². The molecule has 4 heterocycles. The van der Waals surface area contributed by atoms with E-state index in [1.54, 1.807) is 0 Å². The summed E-state index contributed by atoms with van der Waals surface area (Å²) in [4.78, 5) is 2.74. The first-order valence-corrected chi connectivity index (χ1v) is 7.91. The van der Waals surface area contributed by atoms with Gasteiger partial charge in [0.15, 0.2) is 0 Å². The van der Waals surface area contributed by atoms with Crippen LogP contribution in [-0.4, -0.2) is 39.0 Å². The molecule has 0 aliphatic carbocycles. The molecule has 3 aliphatic heterocycles. The van der Waals surface area contributed by atoms with E-state index in [2.05, 4.69) is 41.5 Å². The second kappa shape index (κ2) is 4.08. The van der Waals surface area contributed by atoms with Gasteiger partial charge in [-0.05, 0) is 52.6 Å². The van der Waals surface area contributed by atoms with Crippen molar-refractivity contribution in [3.8, 4) is 0 Å². The van der Waals surface area contributed by atoms with Crippen LogP contribution in [0.2, 0.25) is 0 Å². The number of aromatic nitrogens is 2. The molecular formula is C16H25N3O. The molecule has 1 aromatic rings. The van der Waals surface area contributed by atoms with Crippen LogP contribution in [0.4, 0.5) is 0 Å². The molecule has 3 unspecified atom stereocenters. The van der Waals surface area contributed by atoms with E-state index in [-0.39, 0.29) is 11.1 Å². The van der Waals surface area contributed by atoms with Crippen molar-refractivity contribution in [1.82, 2.24) is 14.7 Å². The Kier molecular flexibility index (Phi) is 2.62. The van der Waals surface area contributed by atoms with Crippen molar-refractivity contribution in [1.29, 1.82) is 0 Å². The quantitative estimate of drug-likeness (QED) is 0.831. The lowest BCUT2D eigenvalue weighted by atomic mass is 9.89. The van der Waals surface area contributed by atoms with Crippen molar-refractivity contribution < 1.29 is 4.74 Å². The first kappa shape index (κ1) is 12.8. The maximum atomic E-state index is 6.19. The molecule has 2 saturated heterocycles. The fraction of sp³-hybridized carbons (Fsp3) is 0.812. The number of nitrogens with zero attached hydrogens (tertiary/aromatic N) is 3. The lowest BCUT2D eigenvalue weighted by Crippen LogP contribution is -2.45. The van der Waals surface area contributed by atoms with Crippen LogP contribution in [0.15, 0.2) is 12.3 Å². The standard InChI is InChI=1S/C16H25N3O/c1-15(2,3)20-11-16-6-4-8-18(16)14-12(9-16)10-19-13(14)5-7-17-19/h5,7,12,14H,4,6,8-11H2,1-3H3. The second-order valence-corrected chi connectivity index (χ2v) is 7.77. The topological polar surface area (TPSA) is 30.3 Å². The maximum Gasteiger partial charge on any atom is 0.0657 e. The second-order valence-electron chi connectivity index (χ2n) is 7.77. The normalized spacial score (nSPS) is 36.1. The Bertz CT molecular complexity index is 518. The summed E-state index contributed by atoms with van der Waals surface area (Å²) in [6.07, 6.45) is 5.83. The highest BCUT2D eigenvalue weighted by Crippen LogP contribution is 2.55. The van der Waals surface area contributed by atoms with Gasteiger partial charge in [-0.15, -0.1) is 0 Å². The van der Waals surface area contributed by atoms with Crippen molar-refractivity contribution in [3.05, 3.63) is 18.0 Å². The molecule has 3 atom stereocenters. The number of fused-ring (bicyclic) bond motifs is 5. The highest BCUT2D eigenvalue weighted by molar-refractivity contribution is 5.21. The van der Waals surface area contributed by atoms with Crippen molar-refractivity contribution in [2.24, 2.45) is 5.92 Å². The van der Waals surface area contributed by atoms with E-state index in [9.17, 15) is 0 Å². The summed E-state index contributed by atoms with van der Waals surface area (Å²) in [5, 5.41) is 4.46. The molecule has 20 heavy (non-hydrogen) atoms. The van der Waals surface area contributed by atoms with E-state index < -0.39 is 0 Å². The zero-order valence-electron chi connectivity index (χ0n) is 12.8. The third-order valence-corrected chi connectivity index (χ3v) is 5.31. The van der Waals surface area contributed by atoms with Gasteiger partial charge in [-0.25, -0.2) is 0 Å². The zero-order chi connectivity index (χ0) is 14.0. The first-order valence-electron chi connectivity index (χ1n) is 7.91. The van der Waals surface area contributed by atoms with Crippen molar-refractivity contribution in [2.75, 3.05) is 13.2 Å². The van der Waals surface area contributed by atoms with Crippen LogP contribution in [0, 0.1) is 5.92 Å². The third-order valence-electron chi connectivity index (χ3n) is 5.31. The maximum absolute atomic E-state index is 6.19. The third kappa shape index (κ3) is 1.77. The highest BCUT2D eigenvalue weighted by atomic mass is 16.5. The summed E-state index contributed by atoms with van der Waals surface area (Å²) in [5.41, 5.74) is 1.68. The Morgan fingerprint density at radius 1 is 1.45 bits per heavy atom. The highest BCUT2D eigenvalue weighted by Gasteiger charge is 2.57. The van der Waals surface area contributed by atoms with Crippen LogP contribution in [0.5, 0.6) is 0 Å². The Hall–Kier alpha value is -0.870. The Labute approximate surface area is 121 Å². The molecule has 0 bridgehead atoms. The molecule has 4 nitrogen and oxygen atoms in total. The number of hydrogen-bond donors (Lipinski definition) is 0. The smallest absolute Gasteiger partial charge is 0.0657 e. The van der Waals surface area contributed by atoms with Crippen LogP contribution < -0.4 is 0 Å². The van der Waals surface area contributed by atoms with Crippen LogP contribution in [0.3, 0.4) is 0 Å². The molecule has 110 valence electrons. The minimum absolute atomic E-state index is 0.0392. The van der Waals surface area contributed by atoms with Crippen molar-refractivity contribution in [3.63, 3.8) is 0 Å². The SMILES string of the molecule is CC(C)(C)OCC12CCCN1C1c3ccnn3CC1C2. The van der Waals surface area contributed by atoms with Gasteiger partial charge in [0.25, 0.3) is 0 Å². The average molecular weight is 275 g/mol. The van der Waals surface area contributed by atoms with Crippen LogP contribution in [0.25, 0.3) is 0 Å². The molecule has 0 saturated carbocycles. The number of ether oxygens (including phenoxy) is 1. The molecule has 3 aliphatic rings. The molecule has 0 amide bonds. The lowest BCUT2D eigenvalue weighted by molar-refractivity contribution is -0.0572. The van der Waals surface area contributed by atoms with Gasteiger partial charge in [0.1, 0.15) is 0 Å². The lowest BCUT2D eigenvalue weighted by Gasteiger charge is -2.37. The van der Waals surface area contributed by atoms with Gasteiger partial charge in [-0.1, -0.05) is 0 Å². The minimum Gasteiger partial charge on any atom is -0.374 e. The molecule has 0 N–H and O–H groups in total. The van der Waals surface area contributed by atoms with Crippen LogP contribution in [-0.2, 0) is 11.3 Å². The summed E-state index contributed by atoms with van der Waals surface area (Å²) in [5.74, 6) is 0.738. The van der Waals surface area contributed by atoms with Crippen molar-refractivity contribution in [2.45, 2.75) is 63.8 Å². The monoisotopic (exact) mass is 275 g/mol. The molecule has 1 aromatic heterocycles. The van der Waals surface area contributed by atoms with Crippen LogP contribution in [0.1, 0.15) is 51.8 Å². The van der Waals surface area contributed by atoms with Gasteiger partial charge in [-0.2, -0.15) is 5.10 Å². The van der Waals surface area contributed by atoms with Gasteiger partial charge in [0, 0.05) is 24.2 Å². The summed E-state index contributed by atoms with van der Waals surface area (Å²) in [6, 6.07) is 2.80. The Morgan fingerprint density at radius 3 is 3.10 bits per heavy atom. The summed E-state index contributed by atoms with van der Waals surface area (Å²) in [7, 11) is 0. The van der Waals surface area contributed by atoms with Gasteiger partial charge >= 0.3 is 0 Å². The predicted molar refractivity (Wildman–Crippen MR) is 77.5 cm³/mol. The molecule has 0 radical (unpaired) electrons. The number of rotatable bonds is 2. The van der Waals surface area contributed by atoms with E-state index in [4.69, 9.17) is 4.74 Å². The predicted octanol–water partition coefficient (Wildman–Crippen LogP) is 2.61. The Balaban J connectivity index is 1.60. The van der Waals surface area contributed by atoms with Gasteiger partial charge in [0.2, 0.25) is 0 Å². The number of hydrogen-bond acceptors (Lipinski definition) is 3. The molecule has 4 heteroatoms. The van der Waals surface area contributed by atoms with E-state index in [1.165, 1.54) is 31.5 Å². The molecule has 0 aromatic carbocycles. The van der Waals surface area contributed by atoms with Gasteiger partial charge in [-0.3, -0.25) is 9.58 Å². The summed E-state index contributed by atoms with van der Waals surface area (Å²) < 4.78 is 8.40. The fourth-order valence-electron chi connectivity index (χ4n) is 4.57. The molecule has 2 fully saturated rings. The van der Waals surface area contributed by atoms with E-state index in [1.807, 2.05) is 6.20 Å². The van der Waals surface area contributed by atoms with E-state index in [0.29, 0.717) is 6.04 Å². The molecule has 0 spiro atoms. The van der Waals surface area contributed by atoms with Crippen molar-refractivity contribution >= 4 is 0 Å². The van der Waals surface area contributed by atoms with Crippen LogP contribution >= 0.6 is 0 Å². The summed E-state index contributed by atoms with van der Waals surface area (Å²) in [6.45, 7) is 9.69. The van der Waals surface area contributed by atoms with Gasteiger partial charge in [0.05, 0.1) is 23.9 Å². The van der Waals surface area contributed by atoms with Gasteiger partial charge < -0.3 is 4.74 Å². The first-order chi connectivity index (χ1) is 9.49. The summed E-state index contributed by atoms with van der Waals surface area (Å²) >= 11 is 0. The molecular weight excluding hydrogens is 250 g/mol. The largest absolute Gasteiger partial charge is 0.374 e. The van der Waals surface area contributed by atoms with E-state index in [0.717, 1.165) is 19.1 Å². The zero-order valence-corrected chi connectivity index (χ0v) is 12.8. The Morgan fingerprint density at radius 2 is 2.30 bits per heavy atom. The minimum atomic E-state index is -0.0392. The molecule has 4 rings (SSSR count). The fourth-order valence-corrected chi connectivity index (χ4v) is 4.57. The average Bonchev–Trinajstić information content (AvgIpc) is 3.02.